The summed E-state index contributed by atoms with van der Waals surface area (Å²) < 4.78 is 5.87. The Balaban J connectivity index is 2.58. The van der Waals surface area contributed by atoms with Crippen LogP contribution in [0.2, 0.25) is 0 Å². The Morgan fingerprint density at radius 3 is 2.06 bits per heavy atom. The minimum atomic E-state index is 0.236. The summed E-state index contributed by atoms with van der Waals surface area (Å²) in [6, 6.07) is 8.42. The molecule has 18 heavy (non-hydrogen) atoms. The van der Waals surface area contributed by atoms with Crippen LogP contribution in [0, 0.1) is 11.3 Å². The monoisotopic (exact) mass is 266 g/mol. The molecular weight excluding hydrogens is 240 g/mol. The molecule has 1 nitrogen and oxygen atoms in total. The van der Waals surface area contributed by atoms with E-state index >= 15 is 0 Å². The first kappa shape index (κ1) is 15.4. The first-order valence-corrected chi connectivity index (χ1v) is 7.31. The fourth-order valence-corrected chi connectivity index (χ4v) is 2.38. The third-order valence-corrected chi connectivity index (χ3v) is 3.88. The number of hydrogen-bond donors (Lipinski definition) is 1. The molecule has 2 heteroatoms. The summed E-state index contributed by atoms with van der Waals surface area (Å²) in [6.07, 6.45) is 0. The molecule has 0 N–H and O–H groups in total. The largest absolute Gasteiger partial charge is 0.493 e. The van der Waals surface area contributed by atoms with Gasteiger partial charge in [0.15, 0.2) is 0 Å². The minimum Gasteiger partial charge on any atom is -0.493 e. The highest BCUT2D eigenvalue weighted by atomic mass is 32.1. The molecule has 0 bridgehead atoms. The molecule has 1 aromatic rings. The van der Waals surface area contributed by atoms with Crippen LogP contribution in [0.4, 0.5) is 0 Å². The maximum Gasteiger partial charge on any atom is 0.119 e. The van der Waals surface area contributed by atoms with Crippen molar-refractivity contribution in [1.29, 1.82) is 0 Å². The zero-order valence-electron chi connectivity index (χ0n) is 12.2. The first-order valence-electron chi connectivity index (χ1n) is 6.68. The summed E-state index contributed by atoms with van der Waals surface area (Å²) in [4.78, 5) is 0. The molecular formula is C16H26OS. The average molecular weight is 266 g/mol. The van der Waals surface area contributed by atoms with Crippen LogP contribution in [0.3, 0.4) is 0 Å². The first-order chi connectivity index (χ1) is 8.34. The summed E-state index contributed by atoms with van der Waals surface area (Å²) in [5.41, 5.74) is 1.59. The predicted octanol–water partition coefficient (Wildman–Crippen LogP) is 4.78. The van der Waals surface area contributed by atoms with Gasteiger partial charge in [-0.3, -0.25) is 0 Å². The lowest BCUT2D eigenvalue weighted by Crippen LogP contribution is -2.28. The summed E-state index contributed by atoms with van der Waals surface area (Å²) in [5, 5.41) is 0. The van der Waals surface area contributed by atoms with E-state index in [-0.39, 0.29) is 5.41 Å². The normalized spacial score (nSPS) is 13.7. The van der Waals surface area contributed by atoms with E-state index in [4.69, 9.17) is 4.74 Å². The summed E-state index contributed by atoms with van der Waals surface area (Å²) in [5.74, 6) is 2.84. The van der Waals surface area contributed by atoms with Crippen LogP contribution in [0.5, 0.6) is 5.75 Å². The maximum atomic E-state index is 5.87. The standard InChI is InChI=1S/C16H26OS/c1-12(2)13-6-8-15(9-7-13)17-10-14(11-18)16(3,4)5/h6-9,12,14,18H,10-11H2,1-5H3. The van der Waals surface area contributed by atoms with Gasteiger partial charge in [-0.1, -0.05) is 46.8 Å². The Morgan fingerprint density at radius 2 is 1.67 bits per heavy atom. The van der Waals surface area contributed by atoms with Gasteiger partial charge in [0, 0.05) is 5.92 Å². The van der Waals surface area contributed by atoms with Crippen LogP contribution < -0.4 is 4.74 Å². The topological polar surface area (TPSA) is 9.23 Å². The molecule has 0 spiro atoms. The van der Waals surface area contributed by atoms with Crippen molar-refractivity contribution >= 4 is 12.6 Å². The van der Waals surface area contributed by atoms with Crippen LogP contribution in [0.15, 0.2) is 24.3 Å². The molecule has 102 valence electrons. The smallest absolute Gasteiger partial charge is 0.119 e. The van der Waals surface area contributed by atoms with E-state index in [1.54, 1.807) is 0 Å². The molecule has 0 amide bonds. The van der Waals surface area contributed by atoms with E-state index in [0.29, 0.717) is 11.8 Å². The molecule has 1 aromatic carbocycles. The van der Waals surface area contributed by atoms with E-state index in [2.05, 4.69) is 71.5 Å². The lowest BCUT2D eigenvalue weighted by atomic mass is 9.82. The van der Waals surface area contributed by atoms with Crippen LogP contribution in [0.1, 0.15) is 46.1 Å². The second-order valence-corrected chi connectivity index (χ2v) is 6.65. The van der Waals surface area contributed by atoms with Crippen LogP contribution in [0.25, 0.3) is 0 Å². The van der Waals surface area contributed by atoms with E-state index in [1.165, 1.54) is 5.56 Å². The Kier molecular flexibility index (Phi) is 5.58. The molecule has 1 unspecified atom stereocenters. The number of thiol groups is 1. The van der Waals surface area contributed by atoms with Gasteiger partial charge < -0.3 is 4.74 Å². The Morgan fingerprint density at radius 1 is 1.11 bits per heavy atom. The Labute approximate surface area is 117 Å². The molecule has 0 saturated carbocycles. The zero-order chi connectivity index (χ0) is 13.8. The minimum absolute atomic E-state index is 0.236. The van der Waals surface area contributed by atoms with E-state index in [1.807, 2.05) is 0 Å². The highest BCUT2D eigenvalue weighted by Crippen LogP contribution is 2.28. The quantitative estimate of drug-likeness (QED) is 0.755. The Hall–Kier alpha value is -0.630. The number of rotatable bonds is 5. The molecule has 0 aliphatic rings. The van der Waals surface area contributed by atoms with Crippen LogP contribution in [-0.2, 0) is 0 Å². The number of benzene rings is 1. The van der Waals surface area contributed by atoms with Gasteiger partial charge in [-0.15, -0.1) is 0 Å². The van der Waals surface area contributed by atoms with Crippen molar-refractivity contribution in [3.8, 4) is 5.75 Å². The van der Waals surface area contributed by atoms with Gasteiger partial charge >= 0.3 is 0 Å². The van der Waals surface area contributed by atoms with Crippen LogP contribution in [-0.4, -0.2) is 12.4 Å². The van der Waals surface area contributed by atoms with Gasteiger partial charge in [-0.25, -0.2) is 0 Å². The van der Waals surface area contributed by atoms with Crippen molar-refractivity contribution < 1.29 is 4.74 Å². The third kappa shape index (κ3) is 4.56. The summed E-state index contributed by atoms with van der Waals surface area (Å²) in [7, 11) is 0. The molecule has 0 aromatic heterocycles. The highest BCUT2D eigenvalue weighted by Gasteiger charge is 2.23. The van der Waals surface area contributed by atoms with Crippen molar-refractivity contribution in [3.63, 3.8) is 0 Å². The van der Waals surface area contributed by atoms with Crippen molar-refractivity contribution in [3.05, 3.63) is 29.8 Å². The van der Waals surface area contributed by atoms with Gasteiger partial charge in [0.05, 0.1) is 6.61 Å². The van der Waals surface area contributed by atoms with Crippen LogP contribution >= 0.6 is 12.6 Å². The van der Waals surface area contributed by atoms with Crippen molar-refractivity contribution in [2.75, 3.05) is 12.4 Å². The molecule has 1 rings (SSSR count). The lowest BCUT2D eigenvalue weighted by Gasteiger charge is -2.29. The van der Waals surface area contributed by atoms with E-state index < -0.39 is 0 Å². The fraction of sp³-hybridized carbons (Fsp3) is 0.625. The van der Waals surface area contributed by atoms with Gasteiger partial charge in [0.2, 0.25) is 0 Å². The molecule has 0 saturated heterocycles. The maximum absolute atomic E-state index is 5.87. The third-order valence-electron chi connectivity index (χ3n) is 3.44. The predicted molar refractivity (Wildman–Crippen MR) is 82.8 cm³/mol. The Bertz CT molecular complexity index is 348. The lowest BCUT2D eigenvalue weighted by molar-refractivity contribution is 0.165. The fourth-order valence-electron chi connectivity index (χ4n) is 1.72. The second kappa shape index (κ2) is 6.51. The van der Waals surface area contributed by atoms with Crippen molar-refractivity contribution in [2.45, 2.75) is 40.5 Å². The highest BCUT2D eigenvalue weighted by molar-refractivity contribution is 7.80. The van der Waals surface area contributed by atoms with Gasteiger partial charge in [0.1, 0.15) is 5.75 Å². The van der Waals surface area contributed by atoms with Crippen molar-refractivity contribution in [1.82, 2.24) is 0 Å². The number of ether oxygens (including phenoxy) is 1. The van der Waals surface area contributed by atoms with Gasteiger partial charge in [0.25, 0.3) is 0 Å². The van der Waals surface area contributed by atoms with Gasteiger partial charge in [-0.2, -0.15) is 12.6 Å². The molecule has 0 radical (unpaired) electrons. The summed E-state index contributed by atoms with van der Waals surface area (Å²) >= 11 is 4.42. The summed E-state index contributed by atoms with van der Waals surface area (Å²) in [6.45, 7) is 11.8. The zero-order valence-corrected chi connectivity index (χ0v) is 13.1. The SMILES string of the molecule is CC(C)c1ccc(OCC(CS)C(C)(C)C)cc1. The molecule has 0 fully saturated rings. The molecule has 0 aliphatic carbocycles. The molecule has 0 heterocycles. The average Bonchev–Trinajstić information content (AvgIpc) is 2.28. The second-order valence-electron chi connectivity index (χ2n) is 6.28. The van der Waals surface area contributed by atoms with E-state index in [9.17, 15) is 0 Å². The number of hydrogen-bond acceptors (Lipinski definition) is 2. The van der Waals surface area contributed by atoms with Crippen molar-refractivity contribution in [2.24, 2.45) is 11.3 Å². The molecule has 0 aliphatic heterocycles. The van der Waals surface area contributed by atoms with Gasteiger partial charge in [-0.05, 0) is 34.8 Å². The molecule has 1 atom stereocenters. The van der Waals surface area contributed by atoms with E-state index in [0.717, 1.165) is 18.1 Å².